The van der Waals surface area contributed by atoms with Crippen molar-refractivity contribution < 1.29 is 36.2 Å². The molecule has 36 heavy (non-hydrogen) atoms. The van der Waals surface area contributed by atoms with Crippen LogP contribution in [0.4, 0.5) is 33.8 Å². The number of ether oxygens (including phenoxy) is 3. The number of benzene rings is 1. The van der Waals surface area contributed by atoms with E-state index in [-0.39, 0.29) is 25.0 Å². The number of nitrogens with zero attached hydrogens (tertiary/aromatic N) is 3. The van der Waals surface area contributed by atoms with Crippen LogP contribution in [0.3, 0.4) is 0 Å². The Bertz CT molecular complexity index is 968. The van der Waals surface area contributed by atoms with Crippen LogP contribution in [0, 0.1) is 35.0 Å². The first kappa shape index (κ1) is 27.7. The van der Waals surface area contributed by atoms with Gasteiger partial charge in [0.15, 0.2) is 0 Å². The molecule has 1 heterocycles. The van der Waals surface area contributed by atoms with Crippen LogP contribution >= 0.6 is 0 Å². The number of anilines is 2. The average Bonchev–Trinajstić information content (AvgIpc) is 2.90. The maximum absolute atomic E-state index is 14.1. The van der Waals surface area contributed by atoms with Gasteiger partial charge in [0.1, 0.15) is 0 Å². The third-order valence-corrected chi connectivity index (χ3v) is 5.42. The molecule has 3 rings (SSSR count). The van der Waals surface area contributed by atoms with E-state index in [1.165, 1.54) is 6.42 Å². The van der Waals surface area contributed by atoms with Crippen molar-refractivity contribution in [3.8, 4) is 11.8 Å². The van der Waals surface area contributed by atoms with Crippen LogP contribution < -0.4 is 21.1 Å². The summed E-state index contributed by atoms with van der Waals surface area (Å²) in [5.41, 5.74) is 5.32. The van der Waals surface area contributed by atoms with E-state index in [2.05, 4.69) is 25.6 Å². The molecule has 1 saturated carbocycles. The van der Waals surface area contributed by atoms with Crippen LogP contribution in [0.2, 0.25) is 0 Å². The summed E-state index contributed by atoms with van der Waals surface area (Å²) in [7, 11) is 0. The lowest BCUT2D eigenvalue weighted by molar-refractivity contribution is 0.0547. The van der Waals surface area contributed by atoms with Crippen molar-refractivity contribution in [3.63, 3.8) is 0 Å². The van der Waals surface area contributed by atoms with Crippen LogP contribution in [0.1, 0.15) is 32.1 Å². The Morgan fingerprint density at radius 2 is 1.31 bits per heavy atom. The lowest BCUT2D eigenvalue weighted by Gasteiger charge is -2.21. The van der Waals surface area contributed by atoms with Crippen LogP contribution in [0.25, 0.3) is 0 Å². The second kappa shape index (κ2) is 14.0. The molecule has 1 aromatic carbocycles. The topological polar surface area (TPSA) is 116 Å². The standard InChI is InChI=1S/C22H29F5N6O3/c23-14-15(24)17(26)19(18(27)16(14)25)36-22-32-20(29-7-9-35-11-10-34-8-6-28)31-21(33-22)30-12-13-4-2-1-3-5-13/h13H,1-12,28H2,(H2,29,30,31,32,33). The summed E-state index contributed by atoms with van der Waals surface area (Å²) in [6.07, 6.45) is 5.47. The molecule has 200 valence electrons. The summed E-state index contributed by atoms with van der Waals surface area (Å²) in [5, 5.41) is 5.89. The van der Waals surface area contributed by atoms with E-state index in [4.69, 9.17) is 19.9 Å². The van der Waals surface area contributed by atoms with Crippen LogP contribution in [-0.4, -0.2) is 61.0 Å². The summed E-state index contributed by atoms with van der Waals surface area (Å²) in [4.78, 5) is 12.0. The molecule has 0 atom stereocenters. The van der Waals surface area contributed by atoms with Crippen LogP contribution in [-0.2, 0) is 9.47 Å². The number of nitrogens with two attached hydrogens (primary N) is 1. The maximum atomic E-state index is 14.1. The van der Waals surface area contributed by atoms with E-state index in [9.17, 15) is 22.0 Å². The van der Waals surface area contributed by atoms with Gasteiger partial charge < -0.3 is 30.6 Å². The summed E-state index contributed by atoms with van der Waals surface area (Å²) >= 11 is 0. The first-order valence-electron chi connectivity index (χ1n) is 11.7. The molecule has 1 fully saturated rings. The smallest absolute Gasteiger partial charge is 0.328 e. The van der Waals surface area contributed by atoms with E-state index in [1.807, 2.05) is 0 Å². The SMILES string of the molecule is NCCOCCOCCNc1nc(NCC2CCCCC2)nc(Oc2c(F)c(F)c(F)c(F)c2F)n1. The molecule has 0 unspecified atom stereocenters. The Kier molecular flexibility index (Phi) is 10.8. The van der Waals surface area contributed by atoms with Gasteiger partial charge in [-0.1, -0.05) is 19.3 Å². The summed E-state index contributed by atoms with van der Waals surface area (Å²) < 4.78 is 84.2. The van der Waals surface area contributed by atoms with Crippen molar-refractivity contribution in [2.24, 2.45) is 11.7 Å². The second-order valence-electron chi connectivity index (χ2n) is 8.09. The zero-order chi connectivity index (χ0) is 25.9. The molecule has 0 saturated heterocycles. The number of aromatic nitrogens is 3. The molecular formula is C22H29F5N6O3. The molecule has 0 radical (unpaired) electrons. The fourth-order valence-corrected chi connectivity index (χ4v) is 3.59. The second-order valence-corrected chi connectivity index (χ2v) is 8.09. The van der Waals surface area contributed by atoms with E-state index in [0.717, 1.165) is 25.7 Å². The number of hydrogen-bond donors (Lipinski definition) is 3. The molecule has 0 amide bonds. The van der Waals surface area contributed by atoms with Crippen molar-refractivity contribution in [2.75, 3.05) is 56.7 Å². The van der Waals surface area contributed by atoms with Gasteiger partial charge >= 0.3 is 6.01 Å². The fraction of sp³-hybridized carbons (Fsp3) is 0.591. The molecule has 2 aromatic rings. The van der Waals surface area contributed by atoms with Gasteiger partial charge in [-0.25, -0.2) is 13.2 Å². The monoisotopic (exact) mass is 520 g/mol. The van der Waals surface area contributed by atoms with Crippen LogP contribution in [0.15, 0.2) is 0 Å². The number of hydrogen-bond acceptors (Lipinski definition) is 9. The number of halogens is 5. The Labute approximate surface area is 204 Å². The third-order valence-electron chi connectivity index (χ3n) is 5.42. The highest BCUT2D eigenvalue weighted by molar-refractivity contribution is 5.38. The molecule has 1 aliphatic carbocycles. The van der Waals surface area contributed by atoms with Gasteiger partial charge in [0.25, 0.3) is 0 Å². The highest BCUT2D eigenvalue weighted by atomic mass is 19.2. The lowest BCUT2D eigenvalue weighted by Crippen LogP contribution is -2.20. The lowest BCUT2D eigenvalue weighted by atomic mass is 9.89. The van der Waals surface area contributed by atoms with E-state index >= 15 is 0 Å². The van der Waals surface area contributed by atoms with Gasteiger partial charge in [0.2, 0.25) is 46.7 Å². The van der Waals surface area contributed by atoms with Gasteiger partial charge in [-0.2, -0.15) is 23.7 Å². The molecule has 14 heteroatoms. The van der Waals surface area contributed by atoms with Crippen molar-refractivity contribution in [1.29, 1.82) is 0 Å². The minimum absolute atomic E-state index is 0.0213. The van der Waals surface area contributed by atoms with E-state index in [1.54, 1.807) is 0 Å². The predicted molar refractivity (Wildman–Crippen MR) is 120 cm³/mol. The number of nitrogens with one attached hydrogen (secondary N) is 2. The van der Waals surface area contributed by atoms with E-state index < -0.39 is 40.8 Å². The summed E-state index contributed by atoms with van der Waals surface area (Å²) in [6, 6.07) is -0.655. The fourth-order valence-electron chi connectivity index (χ4n) is 3.59. The molecule has 0 spiro atoms. The summed E-state index contributed by atoms with van der Waals surface area (Å²) in [6.45, 7) is 2.57. The zero-order valence-electron chi connectivity index (χ0n) is 19.6. The maximum Gasteiger partial charge on any atom is 0.328 e. The molecule has 0 bridgehead atoms. The zero-order valence-corrected chi connectivity index (χ0v) is 19.6. The molecule has 9 nitrogen and oxygen atoms in total. The van der Waals surface area contributed by atoms with Crippen molar-refractivity contribution in [2.45, 2.75) is 32.1 Å². The van der Waals surface area contributed by atoms with Crippen molar-refractivity contribution >= 4 is 11.9 Å². The van der Waals surface area contributed by atoms with Gasteiger partial charge in [0.05, 0.1) is 26.4 Å². The van der Waals surface area contributed by atoms with Gasteiger partial charge in [-0.3, -0.25) is 0 Å². The molecule has 0 aliphatic heterocycles. The van der Waals surface area contributed by atoms with Crippen molar-refractivity contribution in [3.05, 3.63) is 29.1 Å². The van der Waals surface area contributed by atoms with Gasteiger partial charge in [-0.15, -0.1) is 0 Å². The summed E-state index contributed by atoms with van der Waals surface area (Å²) in [5.74, 6) is -12.0. The van der Waals surface area contributed by atoms with E-state index in [0.29, 0.717) is 38.8 Å². The highest BCUT2D eigenvalue weighted by Crippen LogP contribution is 2.32. The highest BCUT2D eigenvalue weighted by Gasteiger charge is 2.28. The Morgan fingerprint density at radius 1 is 0.722 bits per heavy atom. The van der Waals surface area contributed by atoms with Crippen molar-refractivity contribution in [1.82, 2.24) is 15.0 Å². The Morgan fingerprint density at radius 3 is 1.94 bits per heavy atom. The largest absolute Gasteiger partial charge is 0.418 e. The molecule has 1 aliphatic rings. The predicted octanol–water partition coefficient (Wildman–Crippen LogP) is 3.76. The third kappa shape index (κ3) is 7.83. The molecular weight excluding hydrogens is 491 g/mol. The van der Waals surface area contributed by atoms with Crippen LogP contribution in [0.5, 0.6) is 11.8 Å². The Balaban J connectivity index is 1.71. The molecule has 1 aromatic heterocycles. The van der Waals surface area contributed by atoms with Gasteiger partial charge in [-0.05, 0) is 18.8 Å². The quantitative estimate of drug-likeness (QED) is 0.148. The number of rotatable bonds is 14. The normalized spacial score (nSPS) is 14.2. The first-order chi connectivity index (χ1) is 17.4. The average molecular weight is 521 g/mol. The first-order valence-corrected chi connectivity index (χ1v) is 11.7. The minimum Gasteiger partial charge on any atom is -0.418 e. The Hall–Kier alpha value is -2.84. The van der Waals surface area contributed by atoms with Gasteiger partial charge in [0, 0.05) is 19.6 Å². The molecule has 4 N–H and O–H groups in total. The minimum atomic E-state index is -2.29.